The smallest absolute Gasteiger partial charge is 0.230 e. The van der Waals surface area contributed by atoms with Crippen LogP contribution in [0, 0.1) is 0 Å². The van der Waals surface area contributed by atoms with Gasteiger partial charge in [-0.2, -0.15) is 0 Å². The van der Waals surface area contributed by atoms with Gasteiger partial charge in [-0.25, -0.2) is 0 Å². The molecule has 3 N–H and O–H groups in total. The summed E-state index contributed by atoms with van der Waals surface area (Å²) in [5.41, 5.74) is 3.40. The Morgan fingerprint density at radius 1 is 1.00 bits per heavy atom. The summed E-state index contributed by atoms with van der Waals surface area (Å²) < 4.78 is 0. The summed E-state index contributed by atoms with van der Waals surface area (Å²) in [6.45, 7) is 4.72. The lowest BCUT2D eigenvalue weighted by Crippen LogP contribution is -2.43. The Morgan fingerprint density at radius 2 is 1.70 bits per heavy atom. The first-order valence-electron chi connectivity index (χ1n) is 10.2. The molecule has 0 aliphatic carbocycles. The van der Waals surface area contributed by atoms with E-state index in [1.807, 2.05) is 72.8 Å². The van der Waals surface area contributed by atoms with E-state index in [0.717, 1.165) is 28.9 Å². The van der Waals surface area contributed by atoms with Crippen LogP contribution in [0.3, 0.4) is 0 Å². The van der Waals surface area contributed by atoms with Gasteiger partial charge >= 0.3 is 0 Å². The first-order chi connectivity index (χ1) is 14.4. The van der Waals surface area contributed by atoms with E-state index in [-0.39, 0.29) is 17.9 Å². The molecular weight excluding hydrogens is 374 g/mol. The average Bonchev–Trinajstić information content (AvgIpc) is 2.74. The van der Waals surface area contributed by atoms with Gasteiger partial charge in [-0.3, -0.25) is 9.78 Å². The third kappa shape index (κ3) is 6.79. The van der Waals surface area contributed by atoms with E-state index in [0.29, 0.717) is 6.54 Å². The first kappa shape index (κ1) is 21.7. The van der Waals surface area contributed by atoms with Crippen LogP contribution in [0.2, 0.25) is 0 Å². The number of hydrogen-bond donors (Lipinski definition) is 3. The summed E-state index contributed by atoms with van der Waals surface area (Å²) in [6.07, 6.45) is 2.20. The van der Waals surface area contributed by atoms with E-state index in [1.54, 1.807) is 6.20 Å². The standard InChI is InChI=1S/C25H29N3O2/c1-25(2,27-18-23(29)20-8-4-3-5-9-20)17-19-11-13-21(14-12-19)28-24(30)16-22-10-6-7-15-26-22/h3-15,23,27,29H,16-18H2,1-2H3,(H,28,30). The highest BCUT2D eigenvalue weighted by Gasteiger charge is 2.20. The van der Waals surface area contributed by atoms with Crippen LogP contribution >= 0.6 is 0 Å². The topological polar surface area (TPSA) is 74.2 Å². The second-order valence-corrected chi connectivity index (χ2v) is 8.11. The van der Waals surface area contributed by atoms with Gasteiger partial charge in [0.2, 0.25) is 5.91 Å². The third-order valence-corrected chi connectivity index (χ3v) is 4.91. The Balaban J connectivity index is 1.49. The average molecular weight is 404 g/mol. The first-order valence-corrected chi connectivity index (χ1v) is 10.2. The van der Waals surface area contributed by atoms with Gasteiger partial charge < -0.3 is 15.7 Å². The minimum atomic E-state index is -0.540. The normalized spacial score (nSPS) is 12.4. The molecule has 1 amide bonds. The van der Waals surface area contributed by atoms with Gasteiger partial charge in [0.1, 0.15) is 0 Å². The number of anilines is 1. The number of rotatable bonds is 9. The number of aliphatic hydroxyl groups is 1. The van der Waals surface area contributed by atoms with Crippen LogP contribution in [-0.4, -0.2) is 28.1 Å². The van der Waals surface area contributed by atoms with Crippen molar-refractivity contribution in [3.8, 4) is 0 Å². The van der Waals surface area contributed by atoms with Crippen LogP contribution in [0.4, 0.5) is 5.69 Å². The molecule has 0 aliphatic heterocycles. The second-order valence-electron chi connectivity index (χ2n) is 8.11. The molecular formula is C25H29N3O2. The van der Waals surface area contributed by atoms with Gasteiger partial charge in [0.15, 0.2) is 0 Å². The number of hydrogen-bond acceptors (Lipinski definition) is 4. The van der Waals surface area contributed by atoms with Gasteiger partial charge in [-0.1, -0.05) is 48.5 Å². The maximum absolute atomic E-state index is 12.2. The van der Waals surface area contributed by atoms with Crippen molar-refractivity contribution in [1.82, 2.24) is 10.3 Å². The molecule has 5 nitrogen and oxygen atoms in total. The number of aliphatic hydroxyl groups excluding tert-OH is 1. The molecule has 1 atom stereocenters. The molecule has 0 fully saturated rings. The van der Waals surface area contributed by atoms with Crippen LogP contribution in [0.5, 0.6) is 0 Å². The predicted octanol–water partition coefficient (Wildman–Crippen LogP) is 3.91. The summed E-state index contributed by atoms with van der Waals surface area (Å²) in [7, 11) is 0. The van der Waals surface area contributed by atoms with Crippen molar-refractivity contribution >= 4 is 11.6 Å². The third-order valence-electron chi connectivity index (χ3n) is 4.91. The van der Waals surface area contributed by atoms with Gasteiger partial charge in [-0.05, 0) is 55.7 Å². The Bertz CT molecular complexity index is 926. The Kier molecular flexibility index (Phi) is 7.33. The SMILES string of the molecule is CC(C)(Cc1ccc(NC(=O)Cc2ccccn2)cc1)NCC(O)c1ccccc1. The highest BCUT2D eigenvalue weighted by molar-refractivity contribution is 5.92. The molecule has 0 saturated heterocycles. The summed E-state index contributed by atoms with van der Waals surface area (Å²) in [5.74, 6) is -0.0849. The molecule has 1 unspecified atom stereocenters. The highest BCUT2D eigenvalue weighted by Crippen LogP contribution is 2.18. The molecule has 1 aromatic heterocycles. The molecule has 0 spiro atoms. The zero-order chi connectivity index (χ0) is 21.4. The number of benzene rings is 2. The molecule has 0 aliphatic rings. The van der Waals surface area contributed by atoms with Gasteiger partial charge in [0.05, 0.1) is 12.5 Å². The number of carbonyl (C=O) groups is 1. The Morgan fingerprint density at radius 3 is 2.37 bits per heavy atom. The van der Waals surface area contributed by atoms with E-state index in [2.05, 4.69) is 29.5 Å². The van der Waals surface area contributed by atoms with Crippen molar-refractivity contribution in [2.75, 3.05) is 11.9 Å². The number of aromatic nitrogens is 1. The number of nitrogens with one attached hydrogen (secondary N) is 2. The molecule has 2 aromatic carbocycles. The van der Waals surface area contributed by atoms with E-state index >= 15 is 0 Å². The van der Waals surface area contributed by atoms with Crippen molar-refractivity contribution in [3.63, 3.8) is 0 Å². The largest absolute Gasteiger partial charge is 0.387 e. The molecule has 30 heavy (non-hydrogen) atoms. The number of carbonyl (C=O) groups excluding carboxylic acids is 1. The van der Waals surface area contributed by atoms with Crippen LogP contribution in [0.1, 0.15) is 36.8 Å². The van der Waals surface area contributed by atoms with E-state index in [4.69, 9.17) is 0 Å². The van der Waals surface area contributed by atoms with Gasteiger partial charge in [0.25, 0.3) is 0 Å². The van der Waals surface area contributed by atoms with E-state index < -0.39 is 6.10 Å². The van der Waals surface area contributed by atoms with Crippen LogP contribution in [0.25, 0.3) is 0 Å². The number of β-amino-alcohol motifs (C(OH)–C–C–N with tert-alkyl or cyclic N) is 1. The molecule has 0 saturated carbocycles. The fourth-order valence-corrected chi connectivity index (χ4v) is 3.32. The molecule has 3 aromatic rings. The lowest BCUT2D eigenvalue weighted by Gasteiger charge is -2.28. The van der Waals surface area contributed by atoms with E-state index in [1.165, 1.54) is 0 Å². The lowest BCUT2D eigenvalue weighted by molar-refractivity contribution is -0.115. The van der Waals surface area contributed by atoms with Crippen molar-refractivity contribution in [3.05, 3.63) is 95.8 Å². The Labute approximate surface area is 178 Å². The highest BCUT2D eigenvalue weighted by atomic mass is 16.3. The number of pyridine rings is 1. The zero-order valence-corrected chi connectivity index (χ0v) is 17.5. The summed E-state index contributed by atoms with van der Waals surface area (Å²) in [4.78, 5) is 16.4. The number of nitrogens with zero attached hydrogens (tertiary/aromatic N) is 1. The maximum atomic E-state index is 12.2. The van der Waals surface area contributed by atoms with Crippen molar-refractivity contribution in [2.45, 2.75) is 38.3 Å². The fraction of sp³-hybridized carbons (Fsp3) is 0.280. The lowest BCUT2D eigenvalue weighted by atomic mass is 9.94. The molecule has 0 radical (unpaired) electrons. The number of amides is 1. The van der Waals surface area contributed by atoms with Crippen LogP contribution < -0.4 is 10.6 Å². The van der Waals surface area contributed by atoms with Crippen molar-refractivity contribution < 1.29 is 9.90 Å². The van der Waals surface area contributed by atoms with Crippen molar-refractivity contribution in [2.24, 2.45) is 0 Å². The zero-order valence-electron chi connectivity index (χ0n) is 17.5. The van der Waals surface area contributed by atoms with Crippen molar-refractivity contribution in [1.29, 1.82) is 0 Å². The predicted molar refractivity (Wildman–Crippen MR) is 120 cm³/mol. The molecule has 3 rings (SSSR count). The summed E-state index contributed by atoms with van der Waals surface area (Å²) in [5, 5.41) is 16.7. The molecule has 156 valence electrons. The second kappa shape index (κ2) is 10.1. The minimum absolute atomic E-state index is 0.0849. The summed E-state index contributed by atoms with van der Waals surface area (Å²) >= 11 is 0. The molecule has 0 bridgehead atoms. The van der Waals surface area contributed by atoms with Gasteiger partial charge in [0, 0.05) is 29.7 Å². The maximum Gasteiger partial charge on any atom is 0.230 e. The molecule has 1 heterocycles. The van der Waals surface area contributed by atoms with Crippen LogP contribution in [-0.2, 0) is 17.6 Å². The quantitative estimate of drug-likeness (QED) is 0.506. The van der Waals surface area contributed by atoms with E-state index in [9.17, 15) is 9.90 Å². The minimum Gasteiger partial charge on any atom is -0.387 e. The van der Waals surface area contributed by atoms with Gasteiger partial charge in [-0.15, -0.1) is 0 Å². The molecule has 5 heteroatoms. The monoisotopic (exact) mass is 403 g/mol. The van der Waals surface area contributed by atoms with Crippen LogP contribution in [0.15, 0.2) is 79.0 Å². The fourth-order valence-electron chi connectivity index (χ4n) is 3.32. The summed E-state index contributed by atoms with van der Waals surface area (Å²) in [6, 6.07) is 23.1. The Hall–Kier alpha value is -3.02.